The van der Waals surface area contributed by atoms with Crippen molar-refractivity contribution in [3.8, 4) is 0 Å². The number of hydrogen-bond acceptors (Lipinski definition) is 2. The third-order valence-electron chi connectivity index (χ3n) is 4.24. The van der Waals surface area contributed by atoms with Crippen LogP contribution in [0.2, 0.25) is 0 Å². The van der Waals surface area contributed by atoms with Crippen LogP contribution in [0.4, 0.5) is 5.69 Å². The van der Waals surface area contributed by atoms with E-state index in [0.29, 0.717) is 5.56 Å². The summed E-state index contributed by atoms with van der Waals surface area (Å²) in [6.07, 6.45) is 1.16. The zero-order chi connectivity index (χ0) is 14.7. The first-order chi connectivity index (χ1) is 10.2. The van der Waals surface area contributed by atoms with Gasteiger partial charge in [0, 0.05) is 23.2 Å². The van der Waals surface area contributed by atoms with Crippen molar-refractivity contribution in [2.24, 2.45) is 0 Å². The van der Waals surface area contributed by atoms with Crippen molar-refractivity contribution < 1.29 is 4.79 Å². The standard InChI is InChI=1S/C18H20N2O/c1-18(11-12-19-13-18)15-7-9-16(10-8-15)20-17(21)14-5-3-2-4-6-14/h2-10,19H,11-13H2,1H3,(H,20,21). The SMILES string of the molecule is CC1(c2ccc(NC(=O)c3ccccc3)cc2)CCNC1. The molecule has 0 aliphatic carbocycles. The second kappa shape index (κ2) is 5.70. The molecule has 3 heteroatoms. The predicted molar refractivity (Wildman–Crippen MR) is 85.7 cm³/mol. The van der Waals surface area contributed by atoms with Crippen LogP contribution in [0, 0.1) is 0 Å². The molecule has 1 aliphatic rings. The minimum atomic E-state index is -0.0721. The molecule has 0 bridgehead atoms. The van der Waals surface area contributed by atoms with Crippen LogP contribution in [0.1, 0.15) is 29.3 Å². The maximum atomic E-state index is 12.1. The highest BCUT2D eigenvalue weighted by Crippen LogP contribution is 2.30. The normalized spacial score (nSPS) is 21.2. The summed E-state index contributed by atoms with van der Waals surface area (Å²) in [5.41, 5.74) is 3.04. The predicted octanol–water partition coefficient (Wildman–Crippen LogP) is 3.19. The first kappa shape index (κ1) is 13.8. The Kier molecular flexibility index (Phi) is 3.76. The van der Waals surface area contributed by atoms with E-state index >= 15 is 0 Å². The lowest BCUT2D eigenvalue weighted by molar-refractivity contribution is 0.102. The van der Waals surface area contributed by atoms with Gasteiger partial charge in [-0.3, -0.25) is 4.79 Å². The first-order valence-electron chi connectivity index (χ1n) is 7.35. The summed E-state index contributed by atoms with van der Waals surface area (Å²) < 4.78 is 0. The average Bonchev–Trinajstić information content (AvgIpc) is 2.97. The molecule has 1 atom stereocenters. The highest BCUT2D eigenvalue weighted by molar-refractivity contribution is 6.04. The molecule has 21 heavy (non-hydrogen) atoms. The van der Waals surface area contributed by atoms with E-state index in [2.05, 4.69) is 29.7 Å². The van der Waals surface area contributed by atoms with Crippen molar-refractivity contribution in [2.75, 3.05) is 18.4 Å². The van der Waals surface area contributed by atoms with Gasteiger partial charge in [-0.15, -0.1) is 0 Å². The summed E-state index contributed by atoms with van der Waals surface area (Å²) in [4.78, 5) is 12.1. The molecule has 1 amide bonds. The molecule has 108 valence electrons. The Morgan fingerprint density at radius 3 is 2.43 bits per heavy atom. The van der Waals surface area contributed by atoms with E-state index in [-0.39, 0.29) is 11.3 Å². The molecule has 0 radical (unpaired) electrons. The molecule has 1 unspecified atom stereocenters. The van der Waals surface area contributed by atoms with Gasteiger partial charge in [0.1, 0.15) is 0 Å². The van der Waals surface area contributed by atoms with Gasteiger partial charge < -0.3 is 10.6 Å². The first-order valence-corrected chi connectivity index (χ1v) is 7.35. The van der Waals surface area contributed by atoms with Gasteiger partial charge in [0.2, 0.25) is 0 Å². The van der Waals surface area contributed by atoms with Crippen LogP contribution in [-0.4, -0.2) is 19.0 Å². The monoisotopic (exact) mass is 280 g/mol. The summed E-state index contributed by atoms with van der Waals surface area (Å²) in [6.45, 7) is 4.37. The van der Waals surface area contributed by atoms with Crippen molar-refractivity contribution in [1.29, 1.82) is 0 Å². The smallest absolute Gasteiger partial charge is 0.255 e. The fraction of sp³-hybridized carbons (Fsp3) is 0.278. The molecule has 0 spiro atoms. The van der Waals surface area contributed by atoms with Crippen molar-refractivity contribution in [2.45, 2.75) is 18.8 Å². The van der Waals surface area contributed by atoms with Crippen LogP contribution in [0.5, 0.6) is 0 Å². The highest BCUT2D eigenvalue weighted by Gasteiger charge is 2.30. The number of anilines is 1. The summed E-state index contributed by atoms with van der Waals surface area (Å²) in [7, 11) is 0. The number of nitrogens with one attached hydrogen (secondary N) is 2. The van der Waals surface area contributed by atoms with Gasteiger partial charge >= 0.3 is 0 Å². The number of amides is 1. The van der Waals surface area contributed by atoms with Gasteiger partial charge in [-0.25, -0.2) is 0 Å². The van der Waals surface area contributed by atoms with Crippen molar-refractivity contribution in [3.05, 3.63) is 65.7 Å². The molecule has 2 aromatic carbocycles. The zero-order valence-corrected chi connectivity index (χ0v) is 12.2. The van der Waals surface area contributed by atoms with Gasteiger partial charge in [0.25, 0.3) is 5.91 Å². The molecule has 1 heterocycles. The fourth-order valence-corrected chi connectivity index (χ4v) is 2.81. The fourth-order valence-electron chi connectivity index (χ4n) is 2.81. The molecule has 1 aliphatic heterocycles. The van der Waals surface area contributed by atoms with Crippen molar-refractivity contribution >= 4 is 11.6 Å². The van der Waals surface area contributed by atoms with Crippen molar-refractivity contribution in [1.82, 2.24) is 5.32 Å². The third-order valence-corrected chi connectivity index (χ3v) is 4.24. The van der Waals surface area contributed by atoms with E-state index in [9.17, 15) is 4.79 Å². The maximum Gasteiger partial charge on any atom is 0.255 e. The van der Waals surface area contributed by atoms with Crippen LogP contribution < -0.4 is 10.6 Å². The van der Waals surface area contributed by atoms with Crippen molar-refractivity contribution in [3.63, 3.8) is 0 Å². The Hall–Kier alpha value is -2.13. The lowest BCUT2D eigenvalue weighted by Crippen LogP contribution is -2.24. The third kappa shape index (κ3) is 2.98. The molecule has 0 aromatic heterocycles. The van der Waals surface area contributed by atoms with Gasteiger partial charge in [0.05, 0.1) is 0 Å². The summed E-state index contributed by atoms with van der Waals surface area (Å²) >= 11 is 0. The van der Waals surface area contributed by atoms with Crippen LogP contribution >= 0.6 is 0 Å². The maximum absolute atomic E-state index is 12.1. The number of benzene rings is 2. The van der Waals surface area contributed by atoms with Crippen LogP contribution in [0.3, 0.4) is 0 Å². The second-order valence-electron chi connectivity index (χ2n) is 5.88. The van der Waals surface area contributed by atoms with Gasteiger partial charge in [0.15, 0.2) is 0 Å². The van der Waals surface area contributed by atoms with E-state index in [0.717, 1.165) is 25.2 Å². The summed E-state index contributed by atoms with van der Waals surface area (Å²) in [6, 6.07) is 17.5. The van der Waals surface area contributed by atoms with Crippen LogP contribution in [0.15, 0.2) is 54.6 Å². The lowest BCUT2D eigenvalue weighted by Gasteiger charge is -2.23. The molecular weight excluding hydrogens is 260 g/mol. The van der Waals surface area contributed by atoms with Crippen LogP contribution in [-0.2, 0) is 5.41 Å². The minimum absolute atomic E-state index is 0.0721. The Bertz CT molecular complexity index is 613. The number of carbonyl (C=O) groups excluding carboxylic acids is 1. The van der Waals surface area contributed by atoms with Gasteiger partial charge in [-0.2, -0.15) is 0 Å². The van der Waals surface area contributed by atoms with Gasteiger partial charge in [-0.1, -0.05) is 37.3 Å². The summed E-state index contributed by atoms with van der Waals surface area (Å²) in [5, 5.41) is 6.34. The van der Waals surface area contributed by atoms with E-state index in [1.807, 2.05) is 42.5 Å². The van der Waals surface area contributed by atoms with Crippen LogP contribution in [0.25, 0.3) is 0 Å². The molecular formula is C18H20N2O. The van der Waals surface area contributed by atoms with E-state index in [1.165, 1.54) is 5.56 Å². The van der Waals surface area contributed by atoms with Gasteiger partial charge in [-0.05, 0) is 42.8 Å². The van der Waals surface area contributed by atoms with E-state index in [1.54, 1.807) is 0 Å². The molecule has 1 fully saturated rings. The Balaban J connectivity index is 1.71. The molecule has 3 nitrogen and oxygen atoms in total. The molecule has 2 aromatic rings. The highest BCUT2D eigenvalue weighted by atomic mass is 16.1. The molecule has 2 N–H and O–H groups in total. The summed E-state index contributed by atoms with van der Waals surface area (Å²) in [5.74, 6) is -0.0721. The molecule has 3 rings (SSSR count). The average molecular weight is 280 g/mol. The van der Waals surface area contributed by atoms with E-state index < -0.39 is 0 Å². The Labute approximate surface area is 125 Å². The molecule has 0 saturated carbocycles. The largest absolute Gasteiger partial charge is 0.322 e. The topological polar surface area (TPSA) is 41.1 Å². The number of rotatable bonds is 3. The van der Waals surface area contributed by atoms with E-state index in [4.69, 9.17) is 0 Å². The lowest BCUT2D eigenvalue weighted by atomic mass is 9.82. The number of hydrogen-bond donors (Lipinski definition) is 2. The number of carbonyl (C=O) groups is 1. The Morgan fingerprint density at radius 2 is 1.81 bits per heavy atom. The minimum Gasteiger partial charge on any atom is -0.322 e. The Morgan fingerprint density at radius 1 is 1.10 bits per heavy atom. The zero-order valence-electron chi connectivity index (χ0n) is 12.2. The molecule has 1 saturated heterocycles. The second-order valence-corrected chi connectivity index (χ2v) is 5.88. The quantitative estimate of drug-likeness (QED) is 0.906.